The molecule has 0 saturated heterocycles. The van der Waals surface area contributed by atoms with Gasteiger partial charge in [0.15, 0.2) is 0 Å². The van der Waals surface area contributed by atoms with Gasteiger partial charge in [-0.1, -0.05) is 24.3 Å². The third-order valence-electron chi connectivity index (χ3n) is 4.11. The van der Waals surface area contributed by atoms with Gasteiger partial charge in [-0.15, -0.1) is 23.1 Å². The quantitative estimate of drug-likeness (QED) is 0.350. The number of hydrogen-bond acceptors (Lipinski definition) is 5. The van der Waals surface area contributed by atoms with Gasteiger partial charge < -0.3 is 10.5 Å². The minimum atomic E-state index is 0.799. The summed E-state index contributed by atoms with van der Waals surface area (Å²) in [4.78, 5) is 5.83. The van der Waals surface area contributed by atoms with Crippen LogP contribution in [0.3, 0.4) is 0 Å². The van der Waals surface area contributed by atoms with Crippen LogP contribution in [0.2, 0.25) is 0 Å². The number of rotatable bonds is 5. The Morgan fingerprint density at radius 1 is 1.04 bits per heavy atom. The van der Waals surface area contributed by atoms with Gasteiger partial charge in [-0.05, 0) is 48.0 Å². The van der Waals surface area contributed by atoms with Crippen LogP contribution in [0, 0.1) is 0 Å². The van der Waals surface area contributed by atoms with Crippen molar-refractivity contribution in [3.05, 3.63) is 72.3 Å². The van der Waals surface area contributed by atoms with E-state index in [0.717, 1.165) is 38.2 Å². The van der Waals surface area contributed by atoms with Crippen LogP contribution < -0.4 is 10.5 Å². The number of nitrogens with two attached hydrogens (primary N) is 1. The molecule has 3 nitrogen and oxygen atoms in total. The molecule has 3 aromatic carbocycles. The molecule has 0 aliphatic carbocycles. The normalized spacial score (nSPS) is 11.0. The first-order valence-electron chi connectivity index (χ1n) is 8.24. The standard InChI is InChI=1S/C21H18N2OS2/c1-24-16-9-6-14(7-10-16)13-25-20-12-15(8-11-17(20)22)21-23-18-4-2-3-5-19(18)26-21/h2-12H,13,22H2,1H3. The molecular weight excluding hydrogens is 360 g/mol. The first kappa shape index (κ1) is 16.9. The third kappa shape index (κ3) is 3.54. The minimum absolute atomic E-state index is 0.799. The van der Waals surface area contributed by atoms with Gasteiger partial charge in [0.1, 0.15) is 10.8 Å². The van der Waals surface area contributed by atoms with E-state index in [0.29, 0.717) is 0 Å². The van der Waals surface area contributed by atoms with E-state index in [9.17, 15) is 0 Å². The lowest BCUT2D eigenvalue weighted by Crippen LogP contribution is -1.90. The highest BCUT2D eigenvalue weighted by atomic mass is 32.2. The number of para-hydroxylation sites is 1. The zero-order valence-electron chi connectivity index (χ0n) is 14.3. The van der Waals surface area contributed by atoms with Crippen LogP contribution in [0.5, 0.6) is 5.75 Å². The molecule has 0 bridgehead atoms. The molecule has 1 aromatic heterocycles. The van der Waals surface area contributed by atoms with E-state index in [1.165, 1.54) is 10.3 Å². The van der Waals surface area contributed by atoms with Gasteiger partial charge in [0, 0.05) is 21.9 Å². The Morgan fingerprint density at radius 2 is 1.85 bits per heavy atom. The molecule has 0 atom stereocenters. The summed E-state index contributed by atoms with van der Waals surface area (Å²) in [5.74, 6) is 1.73. The van der Waals surface area contributed by atoms with Crippen molar-refractivity contribution in [3.8, 4) is 16.3 Å². The zero-order valence-corrected chi connectivity index (χ0v) is 15.9. The molecule has 4 aromatic rings. The van der Waals surface area contributed by atoms with E-state index in [1.54, 1.807) is 30.2 Å². The molecule has 4 rings (SSSR count). The summed E-state index contributed by atoms with van der Waals surface area (Å²) in [6, 6.07) is 22.5. The Kier molecular flexibility index (Phi) is 4.82. The largest absolute Gasteiger partial charge is 0.497 e. The maximum atomic E-state index is 6.19. The predicted molar refractivity (Wildman–Crippen MR) is 112 cm³/mol. The minimum Gasteiger partial charge on any atom is -0.497 e. The molecule has 2 N–H and O–H groups in total. The molecule has 0 aliphatic heterocycles. The SMILES string of the molecule is COc1ccc(CSc2cc(-c3nc4ccccc4s3)ccc2N)cc1. The fourth-order valence-corrected chi connectivity index (χ4v) is 4.59. The van der Waals surface area contributed by atoms with Gasteiger partial charge in [0.2, 0.25) is 0 Å². The van der Waals surface area contributed by atoms with E-state index in [4.69, 9.17) is 15.5 Å². The summed E-state index contributed by atoms with van der Waals surface area (Å²) in [5.41, 5.74) is 10.4. The van der Waals surface area contributed by atoms with Crippen molar-refractivity contribution in [2.24, 2.45) is 0 Å². The van der Waals surface area contributed by atoms with Crippen LogP contribution in [0.4, 0.5) is 5.69 Å². The monoisotopic (exact) mass is 378 g/mol. The first-order valence-corrected chi connectivity index (χ1v) is 10.0. The molecule has 0 unspecified atom stereocenters. The van der Waals surface area contributed by atoms with Crippen LogP contribution in [0.1, 0.15) is 5.56 Å². The topological polar surface area (TPSA) is 48.1 Å². The van der Waals surface area contributed by atoms with E-state index >= 15 is 0 Å². The van der Waals surface area contributed by atoms with Gasteiger partial charge >= 0.3 is 0 Å². The second kappa shape index (κ2) is 7.40. The Balaban J connectivity index is 1.57. The number of methoxy groups -OCH3 is 1. The molecule has 5 heteroatoms. The van der Waals surface area contributed by atoms with Crippen LogP contribution in [-0.4, -0.2) is 12.1 Å². The van der Waals surface area contributed by atoms with Crippen molar-refractivity contribution in [2.75, 3.05) is 12.8 Å². The average molecular weight is 379 g/mol. The number of nitrogen functional groups attached to an aromatic ring is 1. The lowest BCUT2D eigenvalue weighted by atomic mass is 10.2. The zero-order chi connectivity index (χ0) is 17.9. The lowest BCUT2D eigenvalue weighted by molar-refractivity contribution is 0.414. The van der Waals surface area contributed by atoms with Crippen molar-refractivity contribution in [1.29, 1.82) is 0 Å². The fourth-order valence-electron chi connectivity index (χ4n) is 2.67. The number of benzene rings is 3. The predicted octanol–water partition coefficient (Wildman–Crippen LogP) is 5.85. The third-order valence-corrected chi connectivity index (χ3v) is 6.34. The number of thioether (sulfide) groups is 1. The number of ether oxygens (including phenoxy) is 1. The molecule has 0 saturated carbocycles. The van der Waals surface area contributed by atoms with Crippen LogP contribution in [-0.2, 0) is 5.75 Å². The smallest absolute Gasteiger partial charge is 0.124 e. The highest BCUT2D eigenvalue weighted by molar-refractivity contribution is 7.98. The maximum absolute atomic E-state index is 6.19. The van der Waals surface area contributed by atoms with Crippen LogP contribution >= 0.6 is 23.1 Å². The summed E-state index contributed by atoms with van der Waals surface area (Å²) in [6.07, 6.45) is 0. The molecule has 130 valence electrons. The van der Waals surface area contributed by atoms with Crippen molar-refractivity contribution in [3.63, 3.8) is 0 Å². The second-order valence-electron chi connectivity index (χ2n) is 5.88. The Hall–Kier alpha value is -2.50. The summed E-state index contributed by atoms with van der Waals surface area (Å²) in [6.45, 7) is 0. The van der Waals surface area contributed by atoms with Gasteiger partial charge in [-0.2, -0.15) is 0 Å². The highest BCUT2D eigenvalue weighted by Gasteiger charge is 2.09. The number of thiazole rings is 1. The van der Waals surface area contributed by atoms with Crippen molar-refractivity contribution in [1.82, 2.24) is 4.98 Å². The number of aromatic nitrogens is 1. The van der Waals surface area contributed by atoms with Gasteiger partial charge in [0.05, 0.1) is 17.3 Å². The fraction of sp³-hybridized carbons (Fsp3) is 0.0952. The summed E-state index contributed by atoms with van der Waals surface area (Å²) in [5, 5.41) is 1.03. The number of hydrogen-bond donors (Lipinski definition) is 1. The van der Waals surface area contributed by atoms with E-state index < -0.39 is 0 Å². The van der Waals surface area contributed by atoms with Crippen LogP contribution in [0.25, 0.3) is 20.8 Å². The summed E-state index contributed by atoms with van der Waals surface area (Å²) in [7, 11) is 1.68. The van der Waals surface area contributed by atoms with Crippen molar-refractivity contribution >= 4 is 39.0 Å². The summed E-state index contributed by atoms with van der Waals surface area (Å²) < 4.78 is 6.41. The van der Waals surface area contributed by atoms with E-state index in [1.807, 2.05) is 42.5 Å². The molecule has 0 fully saturated rings. The van der Waals surface area contributed by atoms with Gasteiger partial charge in [-0.3, -0.25) is 0 Å². The molecule has 0 spiro atoms. The molecule has 26 heavy (non-hydrogen) atoms. The van der Waals surface area contributed by atoms with Crippen molar-refractivity contribution < 1.29 is 4.74 Å². The maximum Gasteiger partial charge on any atom is 0.124 e. The van der Waals surface area contributed by atoms with Gasteiger partial charge in [0.25, 0.3) is 0 Å². The lowest BCUT2D eigenvalue weighted by Gasteiger charge is -2.08. The number of anilines is 1. The average Bonchev–Trinajstić information content (AvgIpc) is 3.12. The molecule has 0 aliphatic rings. The van der Waals surface area contributed by atoms with E-state index in [2.05, 4.69) is 24.3 Å². The number of fused-ring (bicyclic) bond motifs is 1. The van der Waals surface area contributed by atoms with Gasteiger partial charge in [-0.25, -0.2) is 4.98 Å². The molecule has 0 radical (unpaired) electrons. The Labute approximate surface area is 160 Å². The van der Waals surface area contributed by atoms with Crippen LogP contribution in [0.15, 0.2) is 71.6 Å². The summed E-state index contributed by atoms with van der Waals surface area (Å²) >= 11 is 3.45. The first-order chi connectivity index (χ1) is 12.7. The molecular formula is C21H18N2OS2. The molecule has 0 amide bonds. The molecule has 1 heterocycles. The Morgan fingerprint density at radius 3 is 2.62 bits per heavy atom. The Bertz CT molecular complexity index is 1010. The second-order valence-corrected chi connectivity index (χ2v) is 7.92. The van der Waals surface area contributed by atoms with Crippen molar-refractivity contribution in [2.45, 2.75) is 10.6 Å². The highest BCUT2D eigenvalue weighted by Crippen LogP contribution is 2.35. The number of nitrogens with zero attached hydrogens (tertiary/aromatic N) is 1. The van der Waals surface area contributed by atoms with E-state index in [-0.39, 0.29) is 0 Å².